The van der Waals surface area contributed by atoms with E-state index < -0.39 is 0 Å². The van der Waals surface area contributed by atoms with Crippen molar-refractivity contribution in [2.75, 3.05) is 65.4 Å². The third-order valence-corrected chi connectivity index (χ3v) is 3.92. The molecule has 1 aliphatic rings. The average molecular weight is 320 g/mol. The minimum atomic E-state index is 0.655. The second kappa shape index (κ2) is 9.32. The number of nitrogens with zero attached hydrogens (tertiary/aromatic N) is 4. The molecule has 128 valence electrons. The summed E-state index contributed by atoms with van der Waals surface area (Å²) in [6.07, 6.45) is 1.93. The first-order valence-electron chi connectivity index (χ1n) is 8.05. The van der Waals surface area contributed by atoms with Crippen molar-refractivity contribution >= 4 is 11.8 Å². The molecule has 1 fully saturated rings. The number of hydrogen-bond donors (Lipinski definition) is 2. The Balaban J connectivity index is 1.80. The highest BCUT2D eigenvalue weighted by molar-refractivity contribution is 5.79. The van der Waals surface area contributed by atoms with Crippen molar-refractivity contribution in [1.29, 1.82) is 0 Å². The number of pyridine rings is 1. The van der Waals surface area contributed by atoms with E-state index in [0.717, 1.165) is 50.1 Å². The number of ether oxygens (including phenoxy) is 1. The van der Waals surface area contributed by atoms with Gasteiger partial charge in [-0.25, -0.2) is 4.98 Å². The molecule has 23 heavy (non-hydrogen) atoms. The second-order valence-electron chi connectivity index (χ2n) is 5.66. The maximum atomic E-state index is 5.01. The van der Waals surface area contributed by atoms with E-state index in [4.69, 9.17) is 4.74 Å². The predicted octanol–water partition coefficient (Wildman–Crippen LogP) is 0.145. The molecular formula is C16H28N6O. The molecule has 0 atom stereocenters. The van der Waals surface area contributed by atoms with Crippen LogP contribution in [0, 0.1) is 0 Å². The largest absolute Gasteiger partial charge is 0.383 e. The molecule has 1 aliphatic heterocycles. The minimum Gasteiger partial charge on any atom is -0.383 e. The minimum absolute atomic E-state index is 0.655. The van der Waals surface area contributed by atoms with Crippen LogP contribution in [0.2, 0.25) is 0 Å². The van der Waals surface area contributed by atoms with E-state index in [1.165, 1.54) is 0 Å². The molecule has 0 radical (unpaired) electrons. The van der Waals surface area contributed by atoms with E-state index in [-0.39, 0.29) is 0 Å². The van der Waals surface area contributed by atoms with Gasteiger partial charge in [-0.3, -0.25) is 4.99 Å². The van der Waals surface area contributed by atoms with Gasteiger partial charge < -0.3 is 25.2 Å². The molecular weight excluding hydrogens is 292 g/mol. The van der Waals surface area contributed by atoms with E-state index in [0.29, 0.717) is 13.2 Å². The number of guanidine groups is 1. The van der Waals surface area contributed by atoms with Crippen LogP contribution in [0.4, 0.5) is 5.82 Å². The third-order valence-electron chi connectivity index (χ3n) is 3.92. The van der Waals surface area contributed by atoms with E-state index in [9.17, 15) is 0 Å². The third kappa shape index (κ3) is 5.69. The molecule has 0 saturated carbocycles. The quantitative estimate of drug-likeness (QED) is 0.442. The first-order chi connectivity index (χ1) is 11.2. The van der Waals surface area contributed by atoms with Gasteiger partial charge in [0.1, 0.15) is 5.82 Å². The molecule has 1 saturated heterocycles. The number of rotatable bonds is 6. The lowest BCUT2D eigenvalue weighted by atomic mass is 10.2. The van der Waals surface area contributed by atoms with Gasteiger partial charge in [-0.15, -0.1) is 0 Å². The molecule has 7 heteroatoms. The number of aliphatic imine (C=N–C) groups is 1. The van der Waals surface area contributed by atoms with Gasteiger partial charge in [0.2, 0.25) is 0 Å². The van der Waals surface area contributed by atoms with Crippen molar-refractivity contribution in [3.63, 3.8) is 0 Å². The summed E-state index contributed by atoms with van der Waals surface area (Å²) in [4.78, 5) is 13.5. The van der Waals surface area contributed by atoms with Crippen molar-refractivity contribution in [1.82, 2.24) is 20.5 Å². The Kier molecular flexibility index (Phi) is 7.09. The molecule has 1 aromatic heterocycles. The van der Waals surface area contributed by atoms with Crippen LogP contribution in [-0.2, 0) is 11.3 Å². The van der Waals surface area contributed by atoms with Crippen molar-refractivity contribution in [2.24, 2.45) is 4.99 Å². The summed E-state index contributed by atoms with van der Waals surface area (Å²) >= 11 is 0. The standard InChI is InChI=1S/C16H28N6O/c1-17-16(18-6-11-23-3)20-13-14-4-5-15(19-12-14)22-9-7-21(2)8-10-22/h4-5,12H,6-11,13H2,1-3H3,(H2,17,18,20). The smallest absolute Gasteiger partial charge is 0.191 e. The molecule has 0 amide bonds. The fourth-order valence-electron chi connectivity index (χ4n) is 2.42. The lowest BCUT2D eigenvalue weighted by Gasteiger charge is -2.33. The number of likely N-dealkylation sites (N-methyl/N-ethyl adjacent to an activating group) is 1. The highest BCUT2D eigenvalue weighted by atomic mass is 16.5. The van der Waals surface area contributed by atoms with Gasteiger partial charge in [-0.2, -0.15) is 0 Å². The summed E-state index contributed by atoms with van der Waals surface area (Å²) < 4.78 is 5.01. The Labute approximate surface area is 138 Å². The summed E-state index contributed by atoms with van der Waals surface area (Å²) in [6.45, 7) is 6.35. The molecule has 0 bridgehead atoms. The monoisotopic (exact) mass is 320 g/mol. The molecule has 1 aromatic rings. The van der Waals surface area contributed by atoms with Gasteiger partial charge in [-0.1, -0.05) is 6.07 Å². The molecule has 0 spiro atoms. The van der Waals surface area contributed by atoms with Crippen molar-refractivity contribution < 1.29 is 4.74 Å². The van der Waals surface area contributed by atoms with Crippen molar-refractivity contribution in [2.45, 2.75) is 6.54 Å². The van der Waals surface area contributed by atoms with Gasteiger partial charge in [0, 0.05) is 59.6 Å². The highest BCUT2D eigenvalue weighted by Crippen LogP contribution is 2.13. The van der Waals surface area contributed by atoms with Crippen LogP contribution in [-0.4, -0.2) is 76.4 Å². The maximum Gasteiger partial charge on any atom is 0.191 e. The van der Waals surface area contributed by atoms with Gasteiger partial charge in [0.15, 0.2) is 5.96 Å². The van der Waals surface area contributed by atoms with Crippen molar-refractivity contribution in [3.05, 3.63) is 23.9 Å². The number of anilines is 1. The number of aromatic nitrogens is 1. The predicted molar refractivity (Wildman–Crippen MR) is 94.0 cm³/mol. The van der Waals surface area contributed by atoms with E-state index in [1.54, 1.807) is 14.2 Å². The van der Waals surface area contributed by atoms with Gasteiger partial charge >= 0.3 is 0 Å². The maximum absolute atomic E-state index is 5.01. The average Bonchev–Trinajstić information content (AvgIpc) is 2.59. The summed E-state index contributed by atoms with van der Waals surface area (Å²) in [6, 6.07) is 4.22. The lowest BCUT2D eigenvalue weighted by Crippen LogP contribution is -2.44. The first-order valence-corrected chi connectivity index (χ1v) is 8.05. The zero-order valence-corrected chi connectivity index (χ0v) is 14.4. The molecule has 2 heterocycles. The van der Waals surface area contributed by atoms with E-state index in [2.05, 4.69) is 49.6 Å². The lowest BCUT2D eigenvalue weighted by molar-refractivity contribution is 0.203. The highest BCUT2D eigenvalue weighted by Gasteiger charge is 2.14. The zero-order chi connectivity index (χ0) is 16.5. The first kappa shape index (κ1) is 17.5. The number of methoxy groups -OCH3 is 1. The van der Waals surface area contributed by atoms with Crippen LogP contribution in [0.1, 0.15) is 5.56 Å². The fourth-order valence-corrected chi connectivity index (χ4v) is 2.42. The van der Waals surface area contributed by atoms with E-state index >= 15 is 0 Å². The second-order valence-corrected chi connectivity index (χ2v) is 5.66. The number of hydrogen-bond acceptors (Lipinski definition) is 5. The zero-order valence-electron chi connectivity index (χ0n) is 14.4. The fraction of sp³-hybridized carbons (Fsp3) is 0.625. The van der Waals surface area contributed by atoms with Crippen LogP contribution in [0.15, 0.2) is 23.3 Å². The molecule has 7 nitrogen and oxygen atoms in total. The van der Waals surface area contributed by atoms with Crippen LogP contribution >= 0.6 is 0 Å². The van der Waals surface area contributed by atoms with Gasteiger partial charge in [-0.05, 0) is 18.7 Å². The number of piperazine rings is 1. The summed E-state index contributed by atoms with van der Waals surface area (Å²) in [5.41, 5.74) is 1.14. The Morgan fingerprint density at radius 3 is 2.65 bits per heavy atom. The number of nitrogens with one attached hydrogen (secondary N) is 2. The molecule has 2 rings (SSSR count). The Morgan fingerprint density at radius 1 is 1.26 bits per heavy atom. The summed E-state index contributed by atoms with van der Waals surface area (Å²) in [5, 5.41) is 6.46. The van der Waals surface area contributed by atoms with Crippen LogP contribution < -0.4 is 15.5 Å². The normalized spacial score (nSPS) is 16.5. The molecule has 0 aromatic carbocycles. The Hall–Kier alpha value is -1.86. The SMILES string of the molecule is CN=C(NCCOC)NCc1ccc(N2CCN(C)CC2)nc1. The topological polar surface area (TPSA) is 65.0 Å². The van der Waals surface area contributed by atoms with Gasteiger partial charge in [0.05, 0.1) is 6.61 Å². The van der Waals surface area contributed by atoms with Crippen LogP contribution in [0.5, 0.6) is 0 Å². The van der Waals surface area contributed by atoms with Crippen molar-refractivity contribution in [3.8, 4) is 0 Å². The van der Waals surface area contributed by atoms with Crippen LogP contribution in [0.25, 0.3) is 0 Å². The Morgan fingerprint density at radius 2 is 2.04 bits per heavy atom. The summed E-state index contributed by atoms with van der Waals surface area (Å²) in [7, 11) is 5.61. The molecule has 0 aliphatic carbocycles. The Bertz CT molecular complexity index is 482. The summed E-state index contributed by atoms with van der Waals surface area (Å²) in [5.74, 6) is 1.83. The molecule has 0 unspecified atom stereocenters. The molecule has 2 N–H and O–H groups in total. The van der Waals surface area contributed by atoms with Gasteiger partial charge in [0.25, 0.3) is 0 Å². The van der Waals surface area contributed by atoms with E-state index in [1.807, 2.05) is 6.20 Å². The van der Waals surface area contributed by atoms with Crippen LogP contribution in [0.3, 0.4) is 0 Å².